The van der Waals surface area contributed by atoms with Crippen LogP contribution in [-0.4, -0.2) is 43.0 Å². The molecule has 1 heterocycles. The molecule has 0 radical (unpaired) electrons. The highest BCUT2D eigenvalue weighted by Gasteiger charge is 2.19. The van der Waals surface area contributed by atoms with Crippen LogP contribution in [0.5, 0.6) is 0 Å². The molecule has 1 saturated heterocycles. The van der Waals surface area contributed by atoms with E-state index in [1.54, 1.807) is 6.92 Å². The van der Waals surface area contributed by atoms with Gasteiger partial charge in [-0.2, -0.15) is 0 Å². The van der Waals surface area contributed by atoms with E-state index in [1.807, 2.05) is 6.92 Å². The Bertz CT molecular complexity index is 180. The molecule has 0 aliphatic carbocycles. The zero-order valence-electron chi connectivity index (χ0n) is 9.29. The summed E-state index contributed by atoms with van der Waals surface area (Å²) in [5.74, 6) is 0.281. The summed E-state index contributed by atoms with van der Waals surface area (Å²) in [5.41, 5.74) is 0. The minimum absolute atomic E-state index is 0.281. The number of hydrogen-bond donors (Lipinski definition) is 0. The molecule has 0 N–H and O–H groups in total. The second-order valence-corrected chi connectivity index (χ2v) is 3.97. The first kappa shape index (κ1) is 11.7. The van der Waals surface area contributed by atoms with Gasteiger partial charge in [0.2, 0.25) is 0 Å². The first-order chi connectivity index (χ1) is 6.72. The molecular weight excluding hydrogens is 178 g/mol. The highest BCUT2D eigenvalue weighted by molar-refractivity contribution is 5.75. The van der Waals surface area contributed by atoms with Gasteiger partial charge in [-0.15, -0.1) is 0 Å². The normalized spacial score (nSPS) is 23.7. The fourth-order valence-corrected chi connectivity index (χ4v) is 1.90. The van der Waals surface area contributed by atoms with Gasteiger partial charge < -0.3 is 9.64 Å². The highest BCUT2D eigenvalue weighted by atomic mass is 16.5. The molecular formula is C11H21NO2. The van der Waals surface area contributed by atoms with Gasteiger partial charge in [-0.3, -0.25) is 4.79 Å². The van der Waals surface area contributed by atoms with Crippen molar-refractivity contribution in [1.82, 2.24) is 4.90 Å². The van der Waals surface area contributed by atoms with E-state index in [0.717, 1.165) is 26.2 Å². The van der Waals surface area contributed by atoms with Gasteiger partial charge in [0, 0.05) is 26.1 Å². The second-order valence-electron chi connectivity index (χ2n) is 3.97. The van der Waals surface area contributed by atoms with Gasteiger partial charge in [-0.25, -0.2) is 0 Å². The lowest BCUT2D eigenvalue weighted by molar-refractivity contribution is -0.117. The average molecular weight is 199 g/mol. The average Bonchev–Trinajstić information content (AvgIpc) is 2.16. The third-order valence-corrected chi connectivity index (χ3v) is 2.64. The Morgan fingerprint density at radius 2 is 2.36 bits per heavy atom. The van der Waals surface area contributed by atoms with Gasteiger partial charge in [-0.05, 0) is 33.2 Å². The van der Waals surface area contributed by atoms with E-state index in [9.17, 15) is 4.79 Å². The maximum Gasteiger partial charge on any atom is 0.131 e. The number of nitrogens with zero attached hydrogens (tertiary/aromatic N) is 1. The molecule has 0 bridgehead atoms. The van der Waals surface area contributed by atoms with Gasteiger partial charge in [0.25, 0.3) is 0 Å². The maximum absolute atomic E-state index is 10.8. The van der Waals surface area contributed by atoms with E-state index < -0.39 is 0 Å². The molecule has 1 aliphatic rings. The summed E-state index contributed by atoms with van der Waals surface area (Å²) in [6.45, 7) is 7.51. The molecule has 82 valence electrons. The van der Waals surface area contributed by atoms with Crippen LogP contribution < -0.4 is 0 Å². The van der Waals surface area contributed by atoms with Crippen LogP contribution in [-0.2, 0) is 9.53 Å². The largest absolute Gasteiger partial charge is 0.377 e. The van der Waals surface area contributed by atoms with Crippen LogP contribution >= 0.6 is 0 Å². The molecule has 0 aromatic carbocycles. The number of ketones is 1. The Balaban J connectivity index is 2.21. The molecule has 0 saturated carbocycles. The summed E-state index contributed by atoms with van der Waals surface area (Å²) in [7, 11) is 0. The molecule has 0 spiro atoms. The molecule has 0 amide bonds. The molecule has 1 atom stereocenters. The molecule has 1 fully saturated rings. The van der Waals surface area contributed by atoms with Gasteiger partial charge in [-0.1, -0.05) is 0 Å². The molecule has 3 nitrogen and oxygen atoms in total. The van der Waals surface area contributed by atoms with Crippen LogP contribution in [0.1, 0.15) is 33.1 Å². The van der Waals surface area contributed by atoms with Crippen molar-refractivity contribution >= 4 is 5.78 Å². The van der Waals surface area contributed by atoms with Crippen molar-refractivity contribution in [1.29, 1.82) is 0 Å². The highest BCUT2D eigenvalue weighted by Crippen LogP contribution is 2.13. The SMILES string of the molecule is CCOC1CCCN(CCC(C)=O)C1. The van der Waals surface area contributed by atoms with E-state index in [-0.39, 0.29) is 5.78 Å². The quantitative estimate of drug-likeness (QED) is 0.671. The molecule has 1 rings (SSSR count). The van der Waals surface area contributed by atoms with Crippen LogP contribution in [0.4, 0.5) is 0 Å². The standard InChI is InChI=1S/C11H21NO2/c1-3-14-11-5-4-7-12(9-11)8-6-10(2)13/h11H,3-9H2,1-2H3. The molecule has 14 heavy (non-hydrogen) atoms. The third kappa shape index (κ3) is 4.20. The number of likely N-dealkylation sites (tertiary alicyclic amines) is 1. The topological polar surface area (TPSA) is 29.5 Å². The lowest BCUT2D eigenvalue weighted by Gasteiger charge is -2.32. The van der Waals surface area contributed by atoms with Crippen molar-refractivity contribution in [2.75, 3.05) is 26.2 Å². The van der Waals surface area contributed by atoms with E-state index in [2.05, 4.69) is 4.90 Å². The summed E-state index contributed by atoms with van der Waals surface area (Å²) in [5, 5.41) is 0. The Morgan fingerprint density at radius 3 is 3.00 bits per heavy atom. The van der Waals surface area contributed by atoms with Crippen molar-refractivity contribution in [2.45, 2.75) is 39.2 Å². The Labute approximate surface area is 86.4 Å². The third-order valence-electron chi connectivity index (χ3n) is 2.64. The second kappa shape index (κ2) is 6.14. The number of carbonyl (C=O) groups is 1. The molecule has 0 aromatic rings. The molecule has 1 aliphatic heterocycles. The number of hydrogen-bond acceptors (Lipinski definition) is 3. The zero-order chi connectivity index (χ0) is 10.4. The molecule has 1 unspecified atom stereocenters. The van der Waals surface area contributed by atoms with Crippen molar-refractivity contribution in [3.8, 4) is 0 Å². The van der Waals surface area contributed by atoms with Crippen LogP contribution in [0.25, 0.3) is 0 Å². The Morgan fingerprint density at radius 1 is 1.57 bits per heavy atom. The fraction of sp³-hybridized carbons (Fsp3) is 0.909. The number of piperidine rings is 1. The van der Waals surface area contributed by atoms with Gasteiger partial charge in [0.05, 0.1) is 6.10 Å². The monoisotopic (exact) mass is 199 g/mol. The lowest BCUT2D eigenvalue weighted by Crippen LogP contribution is -2.40. The summed E-state index contributed by atoms with van der Waals surface area (Å²) in [6.07, 6.45) is 3.44. The lowest BCUT2D eigenvalue weighted by atomic mass is 10.1. The zero-order valence-corrected chi connectivity index (χ0v) is 9.29. The van der Waals surface area contributed by atoms with Crippen molar-refractivity contribution in [3.05, 3.63) is 0 Å². The van der Waals surface area contributed by atoms with Crippen molar-refractivity contribution in [3.63, 3.8) is 0 Å². The van der Waals surface area contributed by atoms with Gasteiger partial charge in [0.1, 0.15) is 5.78 Å². The van der Waals surface area contributed by atoms with Gasteiger partial charge in [0.15, 0.2) is 0 Å². The van der Waals surface area contributed by atoms with E-state index in [4.69, 9.17) is 4.74 Å². The van der Waals surface area contributed by atoms with Crippen LogP contribution in [0.15, 0.2) is 0 Å². The van der Waals surface area contributed by atoms with Crippen LogP contribution in [0, 0.1) is 0 Å². The van der Waals surface area contributed by atoms with Gasteiger partial charge >= 0.3 is 0 Å². The Kier molecular flexibility index (Phi) is 5.12. The Hall–Kier alpha value is -0.410. The maximum atomic E-state index is 10.8. The fourth-order valence-electron chi connectivity index (χ4n) is 1.90. The summed E-state index contributed by atoms with van der Waals surface area (Å²) in [6, 6.07) is 0. The van der Waals surface area contributed by atoms with Crippen LogP contribution in [0.2, 0.25) is 0 Å². The predicted octanol–water partition coefficient (Wildman–Crippen LogP) is 1.47. The first-order valence-corrected chi connectivity index (χ1v) is 5.55. The number of ether oxygens (including phenoxy) is 1. The number of rotatable bonds is 5. The first-order valence-electron chi connectivity index (χ1n) is 5.55. The van der Waals surface area contributed by atoms with Crippen molar-refractivity contribution in [2.24, 2.45) is 0 Å². The van der Waals surface area contributed by atoms with Crippen LogP contribution in [0.3, 0.4) is 0 Å². The molecule has 0 aromatic heterocycles. The van der Waals surface area contributed by atoms with Crippen molar-refractivity contribution < 1.29 is 9.53 Å². The predicted molar refractivity (Wildman–Crippen MR) is 56.4 cm³/mol. The minimum atomic E-state index is 0.281. The minimum Gasteiger partial charge on any atom is -0.377 e. The summed E-state index contributed by atoms with van der Waals surface area (Å²) >= 11 is 0. The summed E-state index contributed by atoms with van der Waals surface area (Å²) in [4.78, 5) is 13.2. The van der Waals surface area contributed by atoms with E-state index >= 15 is 0 Å². The summed E-state index contributed by atoms with van der Waals surface area (Å²) < 4.78 is 5.59. The number of Topliss-reactive ketones (excluding diaryl/α,β-unsaturated/α-hetero) is 1. The smallest absolute Gasteiger partial charge is 0.131 e. The molecule has 3 heteroatoms. The van der Waals surface area contributed by atoms with E-state index in [1.165, 1.54) is 12.8 Å². The van der Waals surface area contributed by atoms with E-state index in [0.29, 0.717) is 12.5 Å². The number of carbonyl (C=O) groups excluding carboxylic acids is 1.